The Bertz CT molecular complexity index is 2590. The average Bonchev–Trinajstić information content (AvgIpc) is 3.18. The number of nitriles is 1. The van der Waals surface area contributed by atoms with Crippen molar-refractivity contribution in [3.8, 4) is 28.7 Å². The van der Waals surface area contributed by atoms with Crippen molar-refractivity contribution < 1.29 is 45.4 Å². The highest BCUT2D eigenvalue weighted by molar-refractivity contribution is 7.93. The number of hydrogen-bond acceptors (Lipinski definition) is 11. The van der Waals surface area contributed by atoms with Crippen LogP contribution in [0.25, 0.3) is 21.9 Å². The Balaban J connectivity index is 1.88. The number of hydrogen-bond donors (Lipinski definition) is 0. The fraction of sp³-hybridized carbons (Fsp3) is 0.295. The lowest BCUT2D eigenvalue weighted by Crippen LogP contribution is -2.39. The molecule has 5 aromatic rings. The quantitative estimate of drug-likeness (QED) is 0.0998. The minimum Gasteiger partial charge on any atom is -0.497 e. The largest absolute Gasteiger partial charge is 0.497 e. The van der Waals surface area contributed by atoms with Crippen LogP contribution in [-0.4, -0.2) is 67.3 Å². The molecular weight excluding hydrogens is 795 g/mol. The third kappa shape index (κ3) is 10.3. The molecule has 0 saturated heterocycles. The molecule has 0 N–H and O–H groups in total. The van der Waals surface area contributed by atoms with Crippen LogP contribution in [0.4, 0.5) is 11.4 Å². The van der Waals surface area contributed by atoms with E-state index in [1.807, 2.05) is 0 Å². The fourth-order valence-corrected chi connectivity index (χ4v) is 9.16. The highest BCUT2D eigenvalue weighted by Gasteiger charge is 2.35. The summed E-state index contributed by atoms with van der Waals surface area (Å²) in [6.45, 7) is 8.95. The summed E-state index contributed by atoms with van der Waals surface area (Å²) in [5.74, 6) is -0.670. The van der Waals surface area contributed by atoms with Gasteiger partial charge in [-0.25, -0.2) is 16.8 Å². The Morgan fingerprint density at radius 3 is 1.59 bits per heavy atom. The van der Waals surface area contributed by atoms with Crippen LogP contribution in [0.15, 0.2) is 113 Å². The molecule has 5 rings (SSSR count). The molecule has 0 aromatic heterocycles. The molecule has 0 atom stereocenters. The topological polar surface area (TPSA) is 170 Å². The number of sulfonamides is 2. The van der Waals surface area contributed by atoms with Gasteiger partial charge < -0.3 is 18.9 Å². The van der Waals surface area contributed by atoms with E-state index in [2.05, 4.69) is 6.07 Å². The monoisotopic (exact) mass is 841 g/mol. The van der Waals surface area contributed by atoms with E-state index in [-0.39, 0.29) is 50.5 Å². The van der Waals surface area contributed by atoms with Gasteiger partial charge in [-0.1, -0.05) is 36.4 Å². The van der Waals surface area contributed by atoms with E-state index in [0.29, 0.717) is 22.6 Å². The van der Waals surface area contributed by atoms with Crippen molar-refractivity contribution >= 4 is 54.1 Å². The van der Waals surface area contributed by atoms with E-state index >= 15 is 0 Å². The van der Waals surface area contributed by atoms with Gasteiger partial charge in [0.05, 0.1) is 53.4 Å². The molecule has 0 fully saturated rings. The number of anilines is 2. The van der Waals surface area contributed by atoms with Crippen LogP contribution in [-0.2, 0) is 39.1 Å². The van der Waals surface area contributed by atoms with Gasteiger partial charge in [0.1, 0.15) is 29.2 Å². The van der Waals surface area contributed by atoms with Crippen LogP contribution in [0.3, 0.4) is 0 Å². The second-order valence-electron chi connectivity index (χ2n) is 15.4. The summed E-state index contributed by atoms with van der Waals surface area (Å²) >= 11 is 0. The highest BCUT2D eigenvalue weighted by atomic mass is 32.2. The van der Waals surface area contributed by atoms with Crippen LogP contribution >= 0.6 is 0 Å². The Hall–Kier alpha value is -6.11. The van der Waals surface area contributed by atoms with Gasteiger partial charge in [-0.3, -0.25) is 18.2 Å². The molecule has 5 aromatic carbocycles. The van der Waals surface area contributed by atoms with E-state index in [9.17, 15) is 31.7 Å². The summed E-state index contributed by atoms with van der Waals surface area (Å²) in [4.78, 5) is 26.6. The van der Waals surface area contributed by atoms with E-state index in [4.69, 9.17) is 18.9 Å². The summed E-state index contributed by atoms with van der Waals surface area (Å²) in [6.07, 6.45) is -0.355. The minimum atomic E-state index is -4.55. The van der Waals surface area contributed by atoms with Gasteiger partial charge in [0.15, 0.2) is 0 Å². The molecule has 0 amide bonds. The number of methoxy groups -OCH3 is 2. The van der Waals surface area contributed by atoms with Crippen molar-refractivity contribution in [3.05, 3.63) is 109 Å². The molecule has 0 aliphatic rings. The molecule has 59 heavy (non-hydrogen) atoms. The van der Waals surface area contributed by atoms with Crippen LogP contribution in [0.2, 0.25) is 0 Å². The zero-order valence-corrected chi connectivity index (χ0v) is 35.8. The summed E-state index contributed by atoms with van der Waals surface area (Å²) in [5.41, 5.74) is -0.757. The molecule has 0 bridgehead atoms. The van der Waals surface area contributed by atoms with E-state index in [1.165, 1.54) is 68.8 Å². The zero-order valence-electron chi connectivity index (χ0n) is 34.2. The van der Waals surface area contributed by atoms with E-state index in [0.717, 1.165) is 8.61 Å². The maximum absolute atomic E-state index is 15.0. The predicted molar refractivity (Wildman–Crippen MR) is 225 cm³/mol. The fourth-order valence-electron chi connectivity index (χ4n) is 6.24. The predicted octanol–water partition coefficient (Wildman–Crippen LogP) is 7.86. The lowest BCUT2D eigenvalue weighted by atomic mass is 9.96. The Labute approximate surface area is 345 Å². The number of ether oxygens (including phenoxy) is 4. The highest BCUT2D eigenvalue weighted by Crippen LogP contribution is 2.46. The van der Waals surface area contributed by atoms with Crippen molar-refractivity contribution in [2.75, 3.05) is 35.9 Å². The molecule has 13 nitrogen and oxygen atoms in total. The first kappa shape index (κ1) is 44.0. The van der Waals surface area contributed by atoms with Crippen molar-refractivity contribution in [1.82, 2.24) is 0 Å². The van der Waals surface area contributed by atoms with Crippen LogP contribution in [0.1, 0.15) is 53.5 Å². The Morgan fingerprint density at radius 2 is 1.12 bits per heavy atom. The molecule has 310 valence electrons. The molecule has 0 unspecified atom stereocenters. The molecule has 0 aliphatic heterocycles. The third-order valence-corrected chi connectivity index (χ3v) is 12.4. The smallest absolute Gasteiger partial charge is 0.327 e. The third-order valence-electron chi connectivity index (χ3n) is 8.76. The Kier molecular flexibility index (Phi) is 13.0. The van der Waals surface area contributed by atoms with Crippen molar-refractivity contribution in [2.45, 2.75) is 69.0 Å². The minimum absolute atomic E-state index is 0.0272. The summed E-state index contributed by atoms with van der Waals surface area (Å²) in [7, 11) is -6.16. The van der Waals surface area contributed by atoms with Crippen molar-refractivity contribution in [3.63, 3.8) is 0 Å². The zero-order chi connectivity index (χ0) is 43.3. The van der Waals surface area contributed by atoms with Gasteiger partial charge in [-0.15, -0.1) is 0 Å². The molecule has 0 aliphatic carbocycles. The second kappa shape index (κ2) is 17.4. The molecule has 0 spiro atoms. The number of carbonyl (C=O) groups excluding carboxylic acids is 2. The normalized spacial score (nSPS) is 12.0. The summed E-state index contributed by atoms with van der Waals surface area (Å²) < 4.78 is 83.3. The number of rotatable bonds is 14. The standard InChI is InChI=1S/C44H47N3O10S2/c1-43(2,3)56-40(48)25-26-46(58(50,51)34-21-17-32(54-7)18-22-34)42-37-12-10-9-11-36(37)39(27-38(42)31-15-13-30(28-45)14-16-31)47(29-41(49)57-44(4,5)6)59(52,53)35-23-19-33(55-8)20-24-35/h9-24,27H,25-26,29H2,1-8H3. The summed E-state index contributed by atoms with van der Waals surface area (Å²) in [6, 6.07) is 27.9. The van der Waals surface area contributed by atoms with Gasteiger partial charge in [0.25, 0.3) is 20.0 Å². The van der Waals surface area contributed by atoms with Crippen LogP contribution < -0.4 is 18.1 Å². The van der Waals surface area contributed by atoms with E-state index < -0.39 is 49.7 Å². The number of benzene rings is 5. The van der Waals surface area contributed by atoms with Gasteiger partial charge in [-0.2, -0.15) is 5.26 Å². The average molecular weight is 842 g/mol. The first-order valence-corrected chi connectivity index (χ1v) is 21.4. The van der Waals surface area contributed by atoms with E-state index in [1.54, 1.807) is 90.1 Å². The number of fused-ring (bicyclic) bond motifs is 1. The SMILES string of the molecule is COc1ccc(S(=O)(=O)N(CC(=O)OC(C)(C)C)c2cc(-c3ccc(C#N)cc3)c(N(CCC(=O)OC(C)(C)C)S(=O)(=O)c3ccc(OC)cc3)c3ccccc23)cc1. The number of carbonyl (C=O) groups is 2. The van der Waals surface area contributed by atoms with Gasteiger partial charge in [-0.05, 0) is 114 Å². The molecule has 15 heteroatoms. The van der Waals surface area contributed by atoms with Gasteiger partial charge >= 0.3 is 11.9 Å². The molecule has 0 radical (unpaired) electrons. The van der Waals surface area contributed by atoms with Crippen molar-refractivity contribution in [2.24, 2.45) is 0 Å². The second-order valence-corrected chi connectivity index (χ2v) is 19.1. The lowest BCUT2D eigenvalue weighted by molar-refractivity contribution is -0.155. The maximum Gasteiger partial charge on any atom is 0.327 e. The molecule has 0 heterocycles. The molecular formula is C44H47N3O10S2. The first-order chi connectivity index (χ1) is 27.7. The molecule has 0 saturated carbocycles. The summed E-state index contributed by atoms with van der Waals surface area (Å²) in [5, 5.41) is 10.2. The first-order valence-electron chi connectivity index (χ1n) is 18.5. The van der Waals surface area contributed by atoms with Crippen LogP contribution in [0.5, 0.6) is 11.5 Å². The number of esters is 2. The van der Waals surface area contributed by atoms with Gasteiger partial charge in [0.2, 0.25) is 0 Å². The van der Waals surface area contributed by atoms with Gasteiger partial charge in [0, 0.05) is 22.9 Å². The van der Waals surface area contributed by atoms with Crippen LogP contribution in [0, 0.1) is 11.3 Å². The van der Waals surface area contributed by atoms with Crippen molar-refractivity contribution in [1.29, 1.82) is 5.26 Å². The maximum atomic E-state index is 15.0. The lowest BCUT2D eigenvalue weighted by Gasteiger charge is -2.32. The Morgan fingerprint density at radius 1 is 0.644 bits per heavy atom. The number of nitrogens with zero attached hydrogens (tertiary/aromatic N) is 3.